The van der Waals surface area contributed by atoms with Gasteiger partial charge in [0.2, 0.25) is 0 Å². The van der Waals surface area contributed by atoms with Crippen LogP contribution in [0, 0.1) is 20.8 Å². The number of nitrogens with one attached hydrogen (secondary N) is 1. The first-order valence-corrected chi connectivity index (χ1v) is 5.75. The van der Waals surface area contributed by atoms with E-state index in [9.17, 15) is 8.78 Å². The van der Waals surface area contributed by atoms with Gasteiger partial charge in [0.1, 0.15) is 0 Å². The summed E-state index contributed by atoms with van der Waals surface area (Å²) in [6.45, 7) is 6.02. The van der Waals surface area contributed by atoms with E-state index < -0.39 is 6.43 Å². The largest absolute Gasteiger partial charge is 0.329 e. The second kappa shape index (κ2) is 6.07. The summed E-state index contributed by atoms with van der Waals surface area (Å²) in [6, 6.07) is 3.89. The van der Waals surface area contributed by atoms with Crippen molar-refractivity contribution >= 4 is 0 Å². The smallest absolute Gasteiger partial charge is 0.250 e. The van der Waals surface area contributed by atoms with Gasteiger partial charge in [0, 0.05) is 12.6 Å². The Morgan fingerprint density at radius 2 is 1.71 bits per heavy atom. The molecule has 0 aliphatic rings. The number of halogens is 2. The number of hydrogen-bond donors (Lipinski definition) is 2. The van der Waals surface area contributed by atoms with Crippen LogP contribution in [0.3, 0.4) is 0 Å². The molecule has 1 aromatic rings. The third-order valence-corrected chi connectivity index (χ3v) is 3.01. The van der Waals surface area contributed by atoms with Gasteiger partial charge in [0.05, 0.1) is 6.54 Å². The molecular weight excluding hydrogens is 222 g/mol. The summed E-state index contributed by atoms with van der Waals surface area (Å²) in [4.78, 5) is 0. The first-order valence-electron chi connectivity index (χ1n) is 5.75. The molecule has 0 amide bonds. The summed E-state index contributed by atoms with van der Waals surface area (Å²) in [6.07, 6.45) is -2.35. The van der Waals surface area contributed by atoms with Crippen LogP contribution >= 0.6 is 0 Å². The lowest BCUT2D eigenvalue weighted by molar-refractivity contribution is 0.141. The zero-order valence-corrected chi connectivity index (χ0v) is 10.6. The molecule has 0 bridgehead atoms. The fourth-order valence-corrected chi connectivity index (χ4v) is 1.91. The van der Waals surface area contributed by atoms with Crippen molar-refractivity contribution in [3.63, 3.8) is 0 Å². The highest BCUT2D eigenvalue weighted by molar-refractivity contribution is 5.38. The van der Waals surface area contributed by atoms with Crippen molar-refractivity contribution in [1.82, 2.24) is 5.32 Å². The SMILES string of the molecule is Cc1cc(C)c(C(CN)NCC(F)F)cc1C. The molecule has 1 aromatic carbocycles. The summed E-state index contributed by atoms with van der Waals surface area (Å²) in [5.41, 5.74) is 10.1. The third kappa shape index (κ3) is 3.75. The van der Waals surface area contributed by atoms with Crippen LogP contribution in [0.2, 0.25) is 0 Å². The molecule has 3 N–H and O–H groups in total. The van der Waals surface area contributed by atoms with Crippen molar-refractivity contribution in [1.29, 1.82) is 0 Å². The van der Waals surface area contributed by atoms with Crippen LogP contribution in [0.5, 0.6) is 0 Å². The quantitative estimate of drug-likeness (QED) is 0.832. The Labute approximate surface area is 101 Å². The van der Waals surface area contributed by atoms with Gasteiger partial charge >= 0.3 is 0 Å². The fourth-order valence-electron chi connectivity index (χ4n) is 1.91. The zero-order chi connectivity index (χ0) is 13.0. The van der Waals surface area contributed by atoms with Gasteiger partial charge in [-0.1, -0.05) is 12.1 Å². The van der Waals surface area contributed by atoms with Crippen LogP contribution in [0.25, 0.3) is 0 Å². The molecule has 96 valence electrons. The van der Waals surface area contributed by atoms with Gasteiger partial charge in [0.15, 0.2) is 0 Å². The van der Waals surface area contributed by atoms with Crippen LogP contribution in [0.15, 0.2) is 12.1 Å². The van der Waals surface area contributed by atoms with E-state index in [0.29, 0.717) is 6.54 Å². The van der Waals surface area contributed by atoms with Crippen molar-refractivity contribution < 1.29 is 8.78 Å². The minimum absolute atomic E-state index is 0.205. The maximum absolute atomic E-state index is 12.2. The van der Waals surface area contributed by atoms with Gasteiger partial charge in [-0.05, 0) is 43.0 Å². The van der Waals surface area contributed by atoms with Crippen molar-refractivity contribution in [2.75, 3.05) is 13.1 Å². The number of rotatable bonds is 5. The standard InChI is InChI=1S/C13H20F2N2/c1-8-4-10(3)11(5-9(8)2)12(6-16)17-7-13(14)15/h4-5,12-13,17H,6-7,16H2,1-3H3. The summed E-state index contributed by atoms with van der Waals surface area (Å²) in [5.74, 6) is 0. The van der Waals surface area contributed by atoms with E-state index in [1.165, 1.54) is 5.56 Å². The summed E-state index contributed by atoms with van der Waals surface area (Å²) < 4.78 is 24.4. The molecule has 4 heteroatoms. The second-order valence-corrected chi connectivity index (χ2v) is 4.38. The molecule has 0 spiro atoms. The molecule has 0 saturated heterocycles. The summed E-state index contributed by atoms with van der Waals surface area (Å²) >= 11 is 0. The molecule has 0 saturated carbocycles. The maximum atomic E-state index is 12.2. The molecule has 17 heavy (non-hydrogen) atoms. The Kier molecular flexibility index (Phi) is 5.02. The Balaban J connectivity index is 2.91. The molecule has 0 heterocycles. The van der Waals surface area contributed by atoms with E-state index >= 15 is 0 Å². The molecular formula is C13H20F2N2. The average Bonchev–Trinajstić information content (AvgIpc) is 2.25. The minimum Gasteiger partial charge on any atom is -0.329 e. The Morgan fingerprint density at radius 3 is 2.24 bits per heavy atom. The van der Waals surface area contributed by atoms with Crippen LogP contribution in [0.1, 0.15) is 28.3 Å². The third-order valence-electron chi connectivity index (χ3n) is 3.01. The summed E-state index contributed by atoms with van der Waals surface area (Å²) in [7, 11) is 0. The molecule has 0 fully saturated rings. The highest BCUT2D eigenvalue weighted by Gasteiger charge is 2.14. The van der Waals surface area contributed by atoms with E-state index in [-0.39, 0.29) is 12.6 Å². The normalized spacial score (nSPS) is 13.1. The van der Waals surface area contributed by atoms with Crippen LogP contribution < -0.4 is 11.1 Å². The van der Waals surface area contributed by atoms with Crippen molar-refractivity contribution in [2.45, 2.75) is 33.2 Å². The monoisotopic (exact) mass is 242 g/mol. The van der Waals surface area contributed by atoms with Gasteiger partial charge in [-0.2, -0.15) is 0 Å². The average molecular weight is 242 g/mol. The van der Waals surface area contributed by atoms with Crippen molar-refractivity contribution in [3.8, 4) is 0 Å². The predicted molar refractivity (Wildman–Crippen MR) is 66.5 cm³/mol. The van der Waals surface area contributed by atoms with Crippen LogP contribution in [-0.4, -0.2) is 19.5 Å². The summed E-state index contributed by atoms with van der Waals surface area (Å²) in [5, 5.41) is 2.80. The van der Waals surface area contributed by atoms with E-state index in [1.807, 2.05) is 26.8 Å². The number of benzene rings is 1. The van der Waals surface area contributed by atoms with Gasteiger partial charge < -0.3 is 11.1 Å². The van der Waals surface area contributed by atoms with E-state index in [0.717, 1.165) is 16.7 Å². The highest BCUT2D eigenvalue weighted by atomic mass is 19.3. The molecule has 1 atom stereocenters. The number of aryl methyl sites for hydroxylation is 3. The molecule has 1 unspecified atom stereocenters. The molecule has 0 aliphatic heterocycles. The maximum Gasteiger partial charge on any atom is 0.250 e. The Morgan fingerprint density at radius 1 is 1.12 bits per heavy atom. The van der Waals surface area contributed by atoms with Crippen molar-refractivity contribution in [2.24, 2.45) is 5.73 Å². The lowest BCUT2D eigenvalue weighted by atomic mass is 9.96. The van der Waals surface area contributed by atoms with Gasteiger partial charge in [-0.15, -0.1) is 0 Å². The minimum atomic E-state index is -2.35. The molecule has 0 aliphatic carbocycles. The fraction of sp³-hybridized carbons (Fsp3) is 0.538. The highest BCUT2D eigenvalue weighted by Crippen LogP contribution is 2.21. The first-order chi connectivity index (χ1) is 7.95. The van der Waals surface area contributed by atoms with Gasteiger partial charge in [0.25, 0.3) is 6.43 Å². The van der Waals surface area contributed by atoms with E-state index in [4.69, 9.17) is 5.73 Å². The topological polar surface area (TPSA) is 38.0 Å². The predicted octanol–water partition coefficient (Wildman–Crippen LogP) is 2.47. The first kappa shape index (κ1) is 14.1. The molecule has 0 radical (unpaired) electrons. The second-order valence-electron chi connectivity index (χ2n) is 4.38. The number of alkyl halides is 2. The molecule has 0 aromatic heterocycles. The van der Waals surface area contributed by atoms with Crippen LogP contribution in [-0.2, 0) is 0 Å². The Bertz CT molecular complexity index is 378. The number of hydrogen-bond acceptors (Lipinski definition) is 2. The van der Waals surface area contributed by atoms with E-state index in [1.54, 1.807) is 0 Å². The van der Waals surface area contributed by atoms with Gasteiger partial charge in [-0.3, -0.25) is 0 Å². The van der Waals surface area contributed by atoms with E-state index in [2.05, 4.69) is 11.4 Å². The molecule has 1 rings (SSSR count). The van der Waals surface area contributed by atoms with Crippen LogP contribution in [0.4, 0.5) is 8.78 Å². The lowest BCUT2D eigenvalue weighted by Gasteiger charge is -2.20. The Hall–Kier alpha value is -1.00. The zero-order valence-electron chi connectivity index (χ0n) is 10.6. The van der Waals surface area contributed by atoms with Crippen molar-refractivity contribution in [3.05, 3.63) is 34.4 Å². The van der Waals surface area contributed by atoms with Gasteiger partial charge in [-0.25, -0.2) is 8.78 Å². The lowest BCUT2D eigenvalue weighted by Crippen LogP contribution is -2.32. The number of nitrogens with two attached hydrogens (primary N) is 1. The molecule has 2 nitrogen and oxygen atoms in total.